The van der Waals surface area contributed by atoms with E-state index in [-0.39, 0.29) is 6.04 Å². The zero-order valence-electron chi connectivity index (χ0n) is 9.77. The Kier molecular flexibility index (Phi) is 6.13. The second-order valence-corrected chi connectivity index (χ2v) is 4.84. The minimum absolute atomic E-state index is 0.00926. The Hall–Kier alpha value is -0.950. The molecule has 3 N–H and O–H groups in total. The van der Waals surface area contributed by atoms with Crippen LogP contribution < -0.4 is 10.6 Å². The van der Waals surface area contributed by atoms with E-state index < -0.39 is 18.0 Å². The SMILES string of the molecule is CSCC[C@@H](NC(=O)NC1CCOC1)C(=O)O. The van der Waals surface area contributed by atoms with Gasteiger partial charge in [0.25, 0.3) is 0 Å². The van der Waals surface area contributed by atoms with Crippen molar-refractivity contribution in [2.45, 2.75) is 24.9 Å². The van der Waals surface area contributed by atoms with Gasteiger partial charge in [0.1, 0.15) is 6.04 Å². The number of hydrogen-bond acceptors (Lipinski definition) is 4. The van der Waals surface area contributed by atoms with Crippen molar-refractivity contribution in [1.29, 1.82) is 0 Å². The maximum absolute atomic E-state index is 11.5. The maximum Gasteiger partial charge on any atom is 0.326 e. The number of carboxylic acid groups (broad SMARTS) is 1. The van der Waals surface area contributed by atoms with Crippen LogP contribution >= 0.6 is 11.8 Å². The molecule has 0 aromatic carbocycles. The molecule has 0 spiro atoms. The number of hydrogen-bond donors (Lipinski definition) is 3. The van der Waals surface area contributed by atoms with E-state index >= 15 is 0 Å². The van der Waals surface area contributed by atoms with Gasteiger partial charge in [0.05, 0.1) is 12.6 Å². The molecule has 0 aromatic rings. The van der Waals surface area contributed by atoms with E-state index in [1.54, 1.807) is 11.8 Å². The Morgan fingerprint density at radius 3 is 2.88 bits per heavy atom. The van der Waals surface area contributed by atoms with Crippen molar-refractivity contribution in [2.24, 2.45) is 0 Å². The lowest BCUT2D eigenvalue weighted by Gasteiger charge is -2.16. The van der Waals surface area contributed by atoms with Crippen LogP contribution in [0.3, 0.4) is 0 Å². The first-order valence-corrected chi connectivity index (χ1v) is 6.89. The van der Waals surface area contributed by atoms with Gasteiger partial charge in [0, 0.05) is 6.61 Å². The van der Waals surface area contributed by atoms with Gasteiger partial charge in [0.15, 0.2) is 0 Å². The number of nitrogens with one attached hydrogen (secondary N) is 2. The Balaban J connectivity index is 2.32. The fraction of sp³-hybridized carbons (Fsp3) is 0.800. The van der Waals surface area contributed by atoms with E-state index in [4.69, 9.17) is 9.84 Å². The predicted octanol–water partition coefficient (Wildman–Crippen LogP) is 0.281. The molecule has 1 aliphatic rings. The molecule has 1 aliphatic heterocycles. The van der Waals surface area contributed by atoms with Crippen LogP contribution in [-0.4, -0.2) is 54.4 Å². The van der Waals surface area contributed by atoms with E-state index in [1.165, 1.54) is 0 Å². The quantitative estimate of drug-likeness (QED) is 0.640. The van der Waals surface area contributed by atoms with Crippen molar-refractivity contribution in [3.8, 4) is 0 Å². The highest BCUT2D eigenvalue weighted by Gasteiger charge is 2.22. The largest absolute Gasteiger partial charge is 0.480 e. The summed E-state index contributed by atoms with van der Waals surface area (Å²) >= 11 is 1.55. The maximum atomic E-state index is 11.5. The molecule has 1 rings (SSSR count). The Morgan fingerprint density at radius 1 is 1.59 bits per heavy atom. The minimum Gasteiger partial charge on any atom is -0.480 e. The van der Waals surface area contributed by atoms with Crippen molar-refractivity contribution >= 4 is 23.8 Å². The van der Waals surface area contributed by atoms with Crippen molar-refractivity contribution in [1.82, 2.24) is 10.6 Å². The van der Waals surface area contributed by atoms with E-state index in [0.29, 0.717) is 25.4 Å². The summed E-state index contributed by atoms with van der Waals surface area (Å²) in [7, 11) is 0. The fourth-order valence-corrected chi connectivity index (χ4v) is 2.00. The summed E-state index contributed by atoms with van der Waals surface area (Å²) in [6.45, 7) is 1.13. The summed E-state index contributed by atoms with van der Waals surface area (Å²) in [5, 5.41) is 14.1. The van der Waals surface area contributed by atoms with Crippen molar-refractivity contribution < 1.29 is 19.4 Å². The van der Waals surface area contributed by atoms with E-state index in [0.717, 1.165) is 6.42 Å². The number of aliphatic carboxylic acids is 1. The number of ether oxygens (including phenoxy) is 1. The van der Waals surface area contributed by atoms with Crippen LogP contribution in [0.15, 0.2) is 0 Å². The number of rotatable bonds is 6. The first-order chi connectivity index (χ1) is 8.13. The second-order valence-electron chi connectivity index (χ2n) is 3.85. The van der Waals surface area contributed by atoms with Gasteiger partial charge >= 0.3 is 12.0 Å². The van der Waals surface area contributed by atoms with Gasteiger partial charge in [-0.25, -0.2) is 9.59 Å². The molecule has 98 valence electrons. The van der Waals surface area contributed by atoms with Crippen LogP contribution in [0, 0.1) is 0 Å². The number of thioether (sulfide) groups is 1. The molecule has 2 atom stereocenters. The third-order valence-corrected chi connectivity index (χ3v) is 3.12. The summed E-state index contributed by atoms with van der Waals surface area (Å²) in [5.41, 5.74) is 0. The number of carboxylic acids is 1. The van der Waals surface area contributed by atoms with Gasteiger partial charge in [-0.05, 0) is 24.9 Å². The lowest BCUT2D eigenvalue weighted by molar-refractivity contribution is -0.139. The monoisotopic (exact) mass is 262 g/mol. The molecular weight excluding hydrogens is 244 g/mol. The molecule has 7 heteroatoms. The van der Waals surface area contributed by atoms with E-state index in [1.807, 2.05) is 6.26 Å². The zero-order chi connectivity index (χ0) is 12.7. The molecule has 2 amide bonds. The van der Waals surface area contributed by atoms with Crippen LogP contribution in [0.25, 0.3) is 0 Å². The van der Waals surface area contributed by atoms with Gasteiger partial charge in [0.2, 0.25) is 0 Å². The number of amides is 2. The van der Waals surface area contributed by atoms with E-state index in [2.05, 4.69) is 10.6 Å². The highest BCUT2D eigenvalue weighted by molar-refractivity contribution is 7.98. The number of carbonyl (C=O) groups excluding carboxylic acids is 1. The third kappa shape index (κ3) is 5.27. The molecule has 0 aromatic heterocycles. The first kappa shape index (κ1) is 14.1. The Labute approximate surface area is 104 Å². The summed E-state index contributed by atoms with van der Waals surface area (Å²) < 4.78 is 5.11. The summed E-state index contributed by atoms with van der Waals surface area (Å²) in [5.74, 6) is -0.305. The summed E-state index contributed by atoms with van der Waals surface area (Å²) in [6, 6.07) is -1.27. The Bertz CT molecular complexity index is 269. The van der Waals surface area contributed by atoms with Gasteiger partial charge < -0.3 is 20.5 Å². The second kappa shape index (κ2) is 7.39. The van der Waals surface area contributed by atoms with Crippen LogP contribution in [0.4, 0.5) is 4.79 Å². The highest BCUT2D eigenvalue weighted by atomic mass is 32.2. The van der Waals surface area contributed by atoms with Gasteiger partial charge in [-0.15, -0.1) is 0 Å². The Morgan fingerprint density at radius 2 is 2.35 bits per heavy atom. The van der Waals surface area contributed by atoms with Gasteiger partial charge in [-0.1, -0.05) is 0 Å². The molecule has 1 heterocycles. The third-order valence-electron chi connectivity index (χ3n) is 2.48. The molecule has 0 radical (unpaired) electrons. The summed E-state index contributed by atoms with van der Waals surface area (Å²) in [6.07, 6.45) is 3.09. The number of carbonyl (C=O) groups is 2. The smallest absolute Gasteiger partial charge is 0.326 e. The zero-order valence-corrected chi connectivity index (χ0v) is 10.6. The average molecular weight is 262 g/mol. The van der Waals surface area contributed by atoms with Crippen LogP contribution in [0.5, 0.6) is 0 Å². The van der Waals surface area contributed by atoms with Crippen LogP contribution in [-0.2, 0) is 9.53 Å². The highest BCUT2D eigenvalue weighted by Crippen LogP contribution is 2.04. The fourth-order valence-electron chi connectivity index (χ4n) is 1.53. The molecule has 6 nitrogen and oxygen atoms in total. The topological polar surface area (TPSA) is 87.7 Å². The first-order valence-electron chi connectivity index (χ1n) is 5.50. The normalized spacial score (nSPS) is 20.9. The molecule has 17 heavy (non-hydrogen) atoms. The summed E-state index contributed by atoms with van der Waals surface area (Å²) in [4.78, 5) is 22.4. The van der Waals surface area contributed by atoms with Crippen molar-refractivity contribution in [2.75, 3.05) is 25.2 Å². The van der Waals surface area contributed by atoms with Crippen LogP contribution in [0.1, 0.15) is 12.8 Å². The number of urea groups is 1. The predicted molar refractivity (Wildman–Crippen MR) is 65.3 cm³/mol. The molecular formula is C10H18N2O4S. The molecule has 1 saturated heterocycles. The molecule has 0 bridgehead atoms. The molecule has 0 saturated carbocycles. The average Bonchev–Trinajstić information content (AvgIpc) is 2.76. The van der Waals surface area contributed by atoms with Crippen molar-refractivity contribution in [3.05, 3.63) is 0 Å². The molecule has 0 aliphatic carbocycles. The van der Waals surface area contributed by atoms with E-state index in [9.17, 15) is 9.59 Å². The van der Waals surface area contributed by atoms with Crippen LogP contribution in [0.2, 0.25) is 0 Å². The lowest BCUT2D eigenvalue weighted by atomic mass is 10.2. The van der Waals surface area contributed by atoms with Gasteiger partial charge in [-0.2, -0.15) is 11.8 Å². The standard InChI is InChI=1S/C10H18N2O4S/c1-17-5-3-8(9(13)14)12-10(15)11-7-2-4-16-6-7/h7-8H,2-6H2,1H3,(H,13,14)(H2,11,12,15)/t7?,8-/m1/s1. The van der Waals surface area contributed by atoms with Gasteiger partial charge in [-0.3, -0.25) is 0 Å². The molecule has 1 fully saturated rings. The lowest BCUT2D eigenvalue weighted by Crippen LogP contribution is -2.49. The minimum atomic E-state index is -1.00. The molecule has 1 unspecified atom stereocenters. The van der Waals surface area contributed by atoms with Crippen molar-refractivity contribution in [3.63, 3.8) is 0 Å².